The lowest BCUT2D eigenvalue weighted by Crippen LogP contribution is -2.73. The van der Waals surface area contributed by atoms with E-state index >= 15 is 0 Å². The van der Waals surface area contributed by atoms with Gasteiger partial charge in [0, 0.05) is 22.4 Å². The number of hydrogen-bond acceptors (Lipinski definition) is 4. The van der Waals surface area contributed by atoms with E-state index < -0.39 is 8.07 Å². The van der Waals surface area contributed by atoms with Crippen molar-refractivity contribution < 1.29 is 0 Å². The Morgan fingerprint density at radius 2 is 1.02 bits per heavy atom. The summed E-state index contributed by atoms with van der Waals surface area (Å²) < 4.78 is 2.41. The molecular weight excluding hydrogens is 627 g/mol. The Kier molecular flexibility index (Phi) is 6.44. The zero-order chi connectivity index (χ0) is 33.1. The fourth-order valence-electron chi connectivity index (χ4n) is 7.69. The molecule has 1 atom stereocenters. The van der Waals surface area contributed by atoms with E-state index in [0.29, 0.717) is 17.5 Å². The predicted molar refractivity (Wildman–Crippen MR) is 205 cm³/mol. The molecule has 1 unspecified atom stereocenters. The number of para-hydroxylation sites is 3. The van der Waals surface area contributed by atoms with Crippen LogP contribution in [0.5, 0.6) is 0 Å². The molecule has 0 spiro atoms. The van der Waals surface area contributed by atoms with Crippen LogP contribution in [0.4, 0.5) is 0 Å². The van der Waals surface area contributed by atoms with Gasteiger partial charge in [0.05, 0.1) is 11.0 Å². The minimum Gasteiger partial charge on any atom is -0.299 e. The van der Waals surface area contributed by atoms with Crippen LogP contribution in [0.2, 0.25) is 0 Å². The summed E-state index contributed by atoms with van der Waals surface area (Å²) in [6.07, 6.45) is 0. The fraction of sp³-hybridized carbons (Fsp3) is 0. The van der Waals surface area contributed by atoms with E-state index in [1.54, 1.807) is 0 Å². The molecule has 1 aliphatic rings. The van der Waals surface area contributed by atoms with Crippen molar-refractivity contribution in [3.63, 3.8) is 0 Å². The Hall–Kier alpha value is -6.50. The van der Waals surface area contributed by atoms with Crippen LogP contribution in [-0.4, -0.2) is 32.6 Å². The second kappa shape index (κ2) is 11.3. The van der Waals surface area contributed by atoms with Gasteiger partial charge in [-0.3, -0.25) is 4.57 Å². The summed E-state index contributed by atoms with van der Waals surface area (Å²) in [5, 5.41) is 6.08. The number of benzene rings is 7. The molecule has 0 N–H and O–H groups in total. The van der Waals surface area contributed by atoms with Crippen LogP contribution in [-0.2, 0) is 0 Å². The third kappa shape index (κ3) is 4.25. The molecule has 7 aromatic carbocycles. The molecule has 5 nitrogen and oxygen atoms in total. The maximum Gasteiger partial charge on any atom is 0.226 e. The molecule has 2 aromatic heterocycles. The molecule has 1 aliphatic heterocycles. The lowest BCUT2D eigenvalue weighted by Gasteiger charge is -2.29. The van der Waals surface area contributed by atoms with Crippen molar-refractivity contribution in [2.75, 3.05) is 0 Å². The van der Waals surface area contributed by atoms with Crippen molar-refractivity contribution in [3.05, 3.63) is 176 Å². The number of rotatable bonds is 5. The minimum absolute atomic E-state index is 0.645. The van der Waals surface area contributed by atoms with Gasteiger partial charge in [0.25, 0.3) is 0 Å². The molecule has 6 heteroatoms. The van der Waals surface area contributed by atoms with Crippen molar-refractivity contribution in [3.8, 4) is 39.9 Å². The summed E-state index contributed by atoms with van der Waals surface area (Å²) >= 11 is 0. The van der Waals surface area contributed by atoms with Gasteiger partial charge in [0.2, 0.25) is 8.07 Å². The van der Waals surface area contributed by atoms with Gasteiger partial charge in [0.1, 0.15) is 5.45 Å². The van der Waals surface area contributed by atoms with Crippen LogP contribution in [0, 0.1) is 0 Å². The maximum atomic E-state index is 5.49. The number of fused-ring (bicyclic) bond motifs is 6. The molecule has 10 rings (SSSR count). The first-order valence-electron chi connectivity index (χ1n) is 16.8. The zero-order valence-corrected chi connectivity index (χ0v) is 28.0. The van der Waals surface area contributed by atoms with E-state index in [1.807, 2.05) is 36.4 Å². The predicted octanol–water partition coefficient (Wildman–Crippen LogP) is 7.06. The van der Waals surface area contributed by atoms with Crippen molar-refractivity contribution in [2.45, 2.75) is 0 Å². The van der Waals surface area contributed by atoms with Gasteiger partial charge in [-0.2, -0.15) is 0 Å². The highest BCUT2D eigenvalue weighted by Gasteiger charge is 2.52. The normalized spacial score (nSPS) is 14.9. The number of aromatic nitrogens is 5. The smallest absolute Gasteiger partial charge is 0.226 e. The Balaban J connectivity index is 1.32. The van der Waals surface area contributed by atoms with Crippen LogP contribution >= 0.6 is 0 Å². The Morgan fingerprint density at radius 3 is 1.76 bits per heavy atom. The van der Waals surface area contributed by atoms with Crippen molar-refractivity contribution in [2.24, 2.45) is 0 Å². The molecule has 0 fully saturated rings. The summed E-state index contributed by atoms with van der Waals surface area (Å²) in [7, 11) is -2.96. The average molecular weight is 656 g/mol. The van der Waals surface area contributed by atoms with E-state index in [0.717, 1.165) is 43.9 Å². The molecule has 0 saturated carbocycles. The van der Waals surface area contributed by atoms with Gasteiger partial charge in [-0.05, 0) is 44.5 Å². The molecule has 0 aliphatic carbocycles. The van der Waals surface area contributed by atoms with Crippen LogP contribution in [0.25, 0.3) is 61.7 Å². The molecule has 9 aromatic rings. The largest absolute Gasteiger partial charge is 0.299 e. The number of imidazole rings is 1. The van der Waals surface area contributed by atoms with Crippen LogP contribution < -0.4 is 21.0 Å². The number of hydrogen-bond donors (Lipinski definition) is 0. The summed E-state index contributed by atoms with van der Waals surface area (Å²) in [6, 6.07) is 62.0. The van der Waals surface area contributed by atoms with Gasteiger partial charge in [0.15, 0.2) is 17.5 Å². The monoisotopic (exact) mass is 655 g/mol. The van der Waals surface area contributed by atoms with Crippen molar-refractivity contribution >= 4 is 50.9 Å². The average Bonchev–Trinajstić information content (AvgIpc) is 3.72. The third-order valence-electron chi connectivity index (χ3n) is 9.89. The highest BCUT2D eigenvalue weighted by atomic mass is 28.3. The zero-order valence-electron chi connectivity index (χ0n) is 27.0. The fourth-order valence-corrected chi connectivity index (χ4v) is 12.6. The molecule has 0 radical (unpaired) electrons. The van der Waals surface area contributed by atoms with Gasteiger partial charge in [-0.1, -0.05) is 158 Å². The molecule has 50 heavy (non-hydrogen) atoms. The van der Waals surface area contributed by atoms with E-state index in [4.69, 9.17) is 19.9 Å². The van der Waals surface area contributed by atoms with Gasteiger partial charge in [-0.15, -0.1) is 0 Å². The second-order valence-corrected chi connectivity index (χ2v) is 16.3. The first kappa shape index (κ1) is 28.5. The second-order valence-electron chi connectivity index (χ2n) is 12.7. The molecule has 0 bridgehead atoms. The van der Waals surface area contributed by atoms with E-state index in [2.05, 4.69) is 144 Å². The van der Waals surface area contributed by atoms with Gasteiger partial charge < -0.3 is 0 Å². The molecule has 234 valence electrons. The Labute approximate surface area is 290 Å². The van der Waals surface area contributed by atoms with E-state index in [9.17, 15) is 0 Å². The third-order valence-corrected chi connectivity index (χ3v) is 14.5. The quantitative estimate of drug-likeness (QED) is 0.187. The number of nitrogens with zero attached hydrogens (tertiary/aromatic N) is 5. The van der Waals surface area contributed by atoms with Crippen LogP contribution in [0.3, 0.4) is 0 Å². The molecule has 0 saturated heterocycles. The van der Waals surface area contributed by atoms with Gasteiger partial charge in [-0.25, -0.2) is 19.9 Å². The Bertz CT molecular complexity index is 2650. The topological polar surface area (TPSA) is 56.5 Å². The molecule has 0 amide bonds. The highest BCUT2D eigenvalue weighted by molar-refractivity contribution is 7.20. The first-order chi connectivity index (χ1) is 24.8. The molecule has 3 heterocycles. The SMILES string of the molecule is c1ccc(-c2nc(-c3ccccc3)nc(-c3cc([Si]4(c5ccccc5)c5ccccc5-n5c4nc4ccccc45)cc4ccccc34)n2)cc1. The maximum absolute atomic E-state index is 5.49. The van der Waals surface area contributed by atoms with Crippen LogP contribution in [0.1, 0.15) is 0 Å². The summed E-state index contributed by atoms with van der Waals surface area (Å²) in [6.45, 7) is 0. The first-order valence-corrected chi connectivity index (χ1v) is 18.8. The Morgan fingerprint density at radius 1 is 0.440 bits per heavy atom. The van der Waals surface area contributed by atoms with Crippen molar-refractivity contribution in [1.82, 2.24) is 24.5 Å². The lowest BCUT2D eigenvalue weighted by atomic mass is 10.0. The summed E-state index contributed by atoms with van der Waals surface area (Å²) in [5.74, 6) is 1.94. The highest BCUT2D eigenvalue weighted by Crippen LogP contribution is 2.32. The lowest BCUT2D eigenvalue weighted by molar-refractivity contribution is 1.08. The van der Waals surface area contributed by atoms with Crippen LogP contribution in [0.15, 0.2) is 176 Å². The standard InChI is InChI=1S/C44H29N5Si/c1-4-16-30(17-5-1)41-46-42(31-18-6-2-7-19-31)48-43(47-41)36-29-34(28-32-20-10-11-23-35(32)36)50(33-21-8-3-9-22-33)40-27-15-14-26-39(40)49-38-25-13-12-24-37(38)45-44(49)50/h1-29H. The van der Waals surface area contributed by atoms with E-state index in [-0.39, 0.29) is 0 Å². The van der Waals surface area contributed by atoms with E-state index in [1.165, 1.54) is 21.2 Å². The molecular formula is C44H29N5Si. The van der Waals surface area contributed by atoms with Crippen molar-refractivity contribution in [1.29, 1.82) is 0 Å². The summed E-state index contributed by atoms with van der Waals surface area (Å²) in [5.41, 5.74) is 7.30. The van der Waals surface area contributed by atoms with Gasteiger partial charge >= 0.3 is 0 Å². The minimum atomic E-state index is -2.96. The summed E-state index contributed by atoms with van der Waals surface area (Å²) in [4.78, 5) is 20.9.